The Labute approximate surface area is 112 Å². The third-order valence-corrected chi connectivity index (χ3v) is 2.90. The molecule has 0 atom stereocenters. The first kappa shape index (κ1) is 13.6. The highest BCUT2D eigenvalue weighted by molar-refractivity contribution is 5.93. The van der Waals surface area contributed by atoms with E-state index in [4.69, 9.17) is 15.3 Å². The first-order valence-corrected chi connectivity index (χ1v) is 6.30. The number of carbonyl (C=O) groups excluding carboxylic acids is 1. The number of nitrogens with two attached hydrogens (primary N) is 1. The van der Waals surface area contributed by atoms with Gasteiger partial charge in [0.05, 0.1) is 19.4 Å². The molecule has 19 heavy (non-hydrogen) atoms. The number of nitrogens with one attached hydrogen (secondary N) is 1. The summed E-state index contributed by atoms with van der Waals surface area (Å²) in [6.45, 7) is 1.68. The largest absolute Gasteiger partial charge is 0.494 e. The van der Waals surface area contributed by atoms with Crippen LogP contribution < -0.4 is 15.8 Å². The van der Waals surface area contributed by atoms with Crippen molar-refractivity contribution in [1.29, 1.82) is 0 Å². The number of carbonyl (C=O) groups is 1. The number of nitrogens with zero attached hydrogens (tertiary/aromatic N) is 1. The summed E-state index contributed by atoms with van der Waals surface area (Å²) in [4.78, 5) is 17.3. The van der Waals surface area contributed by atoms with Crippen molar-refractivity contribution in [3.8, 4) is 5.75 Å². The minimum absolute atomic E-state index is 0.134. The molecule has 3 N–H and O–H groups in total. The topological polar surface area (TPSA) is 76.8 Å². The lowest BCUT2D eigenvalue weighted by molar-refractivity contribution is -0.182. The van der Waals surface area contributed by atoms with Crippen molar-refractivity contribution in [2.24, 2.45) is 0 Å². The fraction of sp³-hybridized carbons (Fsp3) is 0.462. The highest BCUT2D eigenvalue weighted by Crippen LogP contribution is 2.26. The molecule has 0 aromatic heterocycles. The van der Waals surface area contributed by atoms with Gasteiger partial charge in [-0.05, 0) is 25.0 Å². The summed E-state index contributed by atoms with van der Waals surface area (Å²) in [6.07, 6.45) is 2.10. The maximum atomic E-state index is 11.9. The number of ether oxygens (including phenoxy) is 1. The van der Waals surface area contributed by atoms with Gasteiger partial charge in [-0.15, -0.1) is 0 Å². The van der Waals surface area contributed by atoms with Crippen molar-refractivity contribution in [2.45, 2.75) is 12.8 Å². The molecule has 1 aliphatic heterocycles. The summed E-state index contributed by atoms with van der Waals surface area (Å²) in [6, 6.07) is 5.12. The first-order chi connectivity index (χ1) is 9.19. The number of hydroxylamine groups is 2. The van der Waals surface area contributed by atoms with Crippen molar-refractivity contribution in [3.63, 3.8) is 0 Å². The van der Waals surface area contributed by atoms with Crippen LogP contribution in [-0.2, 0) is 9.63 Å². The summed E-state index contributed by atoms with van der Waals surface area (Å²) < 4.78 is 5.18. The zero-order chi connectivity index (χ0) is 13.7. The van der Waals surface area contributed by atoms with E-state index in [0.29, 0.717) is 23.7 Å². The van der Waals surface area contributed by atoms with Gasteiger partial charge < -0.3 is 15.8 Å². The minimum atomic E-state index is -0.134. The molecule has 0 saturated carbocycles. The quantitative estimate of drug-likeness (QED) is 0.801. The zero-order valence-corrected chi connectivity index (χ0v) is 11.0. The number of benzene rings is 1. The van der Waals surface area contributed by atoms with Gasteiger partial charge in [0, 0.05) is 18.3 Å². The molecule has 2 rings (SSSR count). The molecule has 104 valence electrons. The fourth-order valence-electron chi connectivity index (χ4n) is 1.93. The van der Waals surface area contributed by atoms with Crippen LogP contribution >= 0.6 is 0 Å². The Balaban J connectivity index is 1.94. The second-order valence-corrected chi connectivity index (χ2v) is 4.41. The van der Waals surface area contributed by atoms with Gasteiger partial charge in [-0.1, -0.05) is 0 Å². The predicted octanol–water partition coefficient (Wildman–Crippen LogP) is 1.24. The fourth-order valence-corrected chi connectivity index (χ4v) is 1.93. The van der Waals surface area contributed by atoms with Crippen LogP contribution in [0, 0.1) is 0 Å². The van der Waals surface area contributed by atoms with Crippen LogP contribution in [0.15, 0.2) is 18.2 Å². The Morgan fingerprint density at radius 2 is 2.37 bits per heavy atom. The predicted molar refractivity (Wildman–Crippen MR) is 72.8 cm³/mol. The van der Waals surface area contributed by atoms with Gasteiger partial charge in [0.2, 0.25) is 5.91 Å². The number of methoxy groups -OCH3 is 1. The summed E-state index contributed by atoms with van der Waals surface area (Å²) in [5.74, 6) is 0.415. The molecular weight excluding hydrogens is 246 g/mol. The molecule has 1 aliphatic rings. The molecule has 1 fully saturated rings. The second-order valence-electron chi connectivity index (χ2n) is 4.41. The van der Waals surface area contributed by atoms with E-state index in [1.165, 1.54) is 7.11 Å². The molecule has 1 amide bonds. The Kier molecular flexibility index (Phi) is 4.59. The molecule has 1 aromatic carbocycles. The third kappa shape index (κ3) is 3.84. The number of hydrogen-bond acceptors (Lipinski definition) is 5. The Hall–Kier alpha value is -1.79. The molecule has 6 heteroatoms. The molecule has 1 aromatic rings. The average molecular weight is 265 g/mol. The SMILES string of the molecule is COc1cc(N)ccc1NC(=O)CN1CCCCO1. The van der Waals surface area contributed by atoms with E-state index < -0.39 is 0 Å². The van der Waals surface area contributed by atoms with Crippen molar-refractivity contribution in [1.82, 2.24) is 5.06 Å². The summed E-state index contributed by atoms with van der Waals surface area (Å²) in [5, 5.41) is 4.48. The Morgan fingerprint density at radius 3 is 3.05 bits per heavy atom. The van der Waals surface area contributed by atoms with Gasteiger partial charge in [-0.25, -0.2) is 0 Å². The molecule has 0 unspecified atom stereocenters. The van der Waals surface area contributed by atoms with Crippen molar-refractivity contribution in [2.75, 3.05) is 37.9 Å². The zero-order valence-electron chi connectivity index (χ0n) is 11.0. The number of amides is 1. The maximum Gasteiger partial charge on any atom is 0.241 e. The van der Waals surface area contributed by atoms with Gasteiger partial charge in [0.25, 0.3) is 0 Å². The lowest BCUT2D eigenvalue weighted by Crippen LogP contribution is -2.36. The maximum absolute atomic E-state index is 11.9. The molecule has 1 heterocycles. The number of nitrogen functional groups attached to an aromatic ring is 1. The number of hydrogen-bond donors (Lipinski definition) is 2. The molecular formula is C13H19N3O3. The molecule has 0 aliphatic carbocycles. The van der Waals surface area contributed by atoms with Crippen LogP contribution in [0.2, 0.25) is 0 Å². The van der Waals surface area contributed by atoms with E-state index >= 15 is 0 Å². The molecule has 6 nitrogen and oxygen atoms in total. The summed E-state index contributed by atoms with van der Waals surface area (Å²) in [7, 11) is 1.54. The van der Waals surface area contributed by atoms with Gasteiger partial charge in [0.1, 0.15) is 12.3 Å². The summed E-state index contributed by atoms with van der Waals surface area (Å²) >= 11 is 0. The Morgan fingerprint density at radius 1 is 1.53 bits per heavy atom. The standard InChI is InChI=1S/C13H19N3O3/c1-18-12-8-10(14)4-5-11(12)15-13(17)9-16-6-2-3-7-19-16/h4-5,8H,2-3,6-7,9,14H2,1H3,(H,15,17). The van der Waals surface area contributed by atoms with E-state index in [-0.39, 0.29) is 12.5 Å². The number of rotatable bonds is 4. The van der Waals surface area contributed by atoms with Crippen molar-refractivity contribution < 1.29 is 14.4 Å². The van der Waals surface area contributed by atoms with Crippen LogP contribution in [-0.4, -0.2) is 37.8 Å². The lowest BCUT2D eigenvalue weighted by atomic mass is 10.2. The second kappa shape index (κ2) is 6.40. The average Bonchev–Trinajstić information content (AvgIpc) is 2.42. The smallest absolute Gasteiger partial charge is 0.241 e. The van der Waals surface area contributed by atoms with Crippen LogP contribution in [0.25, 0.3) is 0 Å². The van der Waals surface area contributed by atoms with Gasteiger partial charge >= 0.3 is 0 Å². The van der Waals surface area contributed by atoms with E-state index in [2.05, 4.69) is 5.32 Å². The van der Waals surface area contributed by atoms with E-state index in [0.717, 1.165) is 19.4 Å². The van der Waals surface area contributed by atoms with Crippen LogP contribution in [0.4, 0.5) is 11.4 Å². The number of anilines is 2. The third-order valence-electron chi connectivity index (χ3n) is 2.90. The molecule has 0 spiro atoms. The lowest BCUT2D eigenvalue weighted by Gasteiger charge is -2.25. The highest BCUT2D eigenvalue weighted by Gasteiger charge is 2.15. The highest BCUT2D eigenvalue weighted by atomic mass is 16.7. The monoisotopic (exact) mass is 265 g/mol. The van der Waals surface area contributed by atoms with Gasteiger partial charge in [-0.2, -0.15) is 5.06 Å². The Bertz CT molecular complexity index is 445. The van der Waals surface area contributed by atoms with Crippen LogP contribution in [0.3, 0.4) is 0 Å². The van der Waals surface area contributed by atoms with Crippen LogP contribution in [0.1, 0.15) is 12.8 Å². The normalized spacial score (nSPS) is 16.1. The molecule has 1 saturated heterocycles. The summed E-state index contributed by atoms with van der Waals surface area (Å²) in [5.41, 5.74) is 6.86. The van der Waals surface area contributed by atoms with Gasteiger partial charge in [0.15, 0.2) is 0 Å². The van der Waals surface area contributed by atoms with E-state index in [1.807, 2.05) is 0 Å². The first-order valence-electron chi connectivity index (χ1n) is 6.30. The van der Waals surface area contributed by atoms with E-state index in [9.17, 15) is 4.79 Å². The van der Waals surface area contributed by atoms with Crippen molar-refractivity contribution >= 4 is 17.3 Å². The van der Waals surface area contributed by atoms with E-state index in [1.54, 1.807) is 23.3 Å². The van der Waals surface area contributed by atoms with Crippen LogP contribution in [0.5, 0.6) is 5.75 Å². The molecule has 0 bridgehead atoms. The van der Waals surface area contributed by atoms with Gasteiger partial charge in [-0.3, -0.25) is 9.63 Å². The molecule has 0 radical (unpaired) electrons. The minimum Gasteiger partial charge on any atom is -0.494 e. The van der Waals surface area contributed by atoms with Crippen molar-refractivity contribution in [3.05, 3.63) is 18.2 Å².